The molecule has 0 unspecified atom stereocenters. The van der Waals surface area contributed by atoms with Crippen LogP contribution in [0.5, 0.6) is 0 Å². The van der Waals surface area contributed by atoms with E-state index < -0.39 is 10.0 Å². The number of sulfonamides is 1. The summed E-state index contributed by atoms with van der Waals surface area (Å²) in [6, 6.07) is 6.69. The number of rotatable bonds is 6. The van der Waals surface area contributed by atoms with Gasteiger partial charge in [-0.3, -0.25) is 0 Å². The number of aryl methyl sites for hydroxylation is 1. The van der Waals surface area contributed by atoms with E-state index in [9.17, 15) is 8.42 Å². The topological polar surface area (TPSA) is 81.4 Å². The molecule has 0 spiro atoms. The predicted octanol–water partition coefficient (Wildman–Crippen LogP) is 1.79. The molecule has 5 nitrogen and oxygen atoms in total. The van der Waals surface area contributed by atoms with Gasteiger partial charge in [0.15, 0.2) is 0 Å². The van der Waals surface area contributed by atoms with Crippen molar-refractivity contribution in [1.29, 1.82) is 5.26 Å². The summed E-state index contributed by atoms with van der Waals surface area (Å²) in [4.78, 5) is 0.256. The number of aliphatic hydroxyl groups excluding tert-OH is 1. The van der Waals surface area contributed by atoms with Crippen molar-refractivity contribution in [3.05, 3.63) is 29.3 Å². The van der Waals surface area contributed by atoms with Crippen molar-refractivity contribution in [2.45, 2.75) is 43.5 Å². The summed E-state index contributed by atoms with van der Waals surface area (Å²) in [7, 11) is -3.58. The molecule has 0 amide bonds. The van der Waals surface area contributed by atoms with Gasteiger partial charge in [-0.15, -0.1) is 0 Å². The Morgan fingerprint density at radius 1 is 1.43 bits per heavy atom. The predicted molar refractivity (Wildman–Crippen MR) is 79.1 cm³/mol. The van der Waals surface area contributed by atoms with Crippen molar-refractivity contribution in [1.82, 2.24) is 4.31 Å². The van der Waals surface area contributed by atoms with E-state index in [1.54, 1.807) is 13.0 Å². The van der Waals surface area contributed by atoms with Gasteiger partial charge in [-0.25, -0.2) is 8.42 Å². The van der Waals surface area contributed by atoms with Crippen LogP contribution in [0.1, 0.15) is 36.8 Å². The summed E-state index contributed by atoms with van der Waals surface area (Å²) >= 11 is 0. The molecule has 0 radical (unpaired) electrons. The van der Waals surface area contributed by atoms with Crippen LogP contribution in [0.4, 0.5) is 0 Å². The molecule has 21 heavy (non-hydrogen) atoms. The maximum atomic E-state index is 12.9. The van der Waals surface area contributed by atoms with Gasteiger partial charge in [0.2, 0.25) is 10.0 Å². The zero-order chi connectivity index (χ0) is 15.5. The van der Waals surface area contributed by atoms with Crippen LogP contribution < -0.4 is 0 Å². The number of aliphatic hydroxyl groups is 1. The zero-order valence-corrected chi connectivity index (χ0v) is 12.9. The van der Waals surface area contributed by atoms with Crippen molar-refractivity contribution < 1.29 is 13.5 Å². The first-order chi connectivity index (χ1) is 10.0. The second-order valence-electron chi connectivity index (χ2n) is 5.37. The lowest BCUT2D eigenvalue weighted by molar-refractivity contribution is 0.198. The Kier molecular flexibility index (Phi) is 4.99. The molecule has 114 valence electrons. The lowest BCUT2D eigenvalue weighted by Gasteiger charge is -2.36. The average Bonchev–Trinajstić information content (AvgIpc) is 2.40. The van der Waals surface area contributed by atoms with Gasteiger partial charge in [-0.05, 0) is 49.9 Å². The first-order valence-electron chi connectivity index (χ1n) is 7.14. The number of nitrogens with zero attached hydrogens (tertiary/aromatic N) is 2. The molecule has 1 aliphatic rings. The van der Waals surface area contributed by atoms with Crippen molar-refractivity contribution in [3.8, 4) is 6.07 Å². The van der Waals surface area contributed by atoms with Crippen molar-refractivity contribution in [2.75, 3.05) is 13.2 Å². The van der Waals surface area contributed by atoms with E-state index in [0.29, 0.717) is 24.1 Å². The fourth-order valence-corrected chi connectivity index (χ4v) is 4.47. The number of benzene rings is 1. The second-order valence-corrected chi connectivity index (χ2v) is 7.23. The Morgan fingerprint density at radius 2 is 2.14 bits per heavy atom. The maximum Gasteiger partial charge on any atom is 0.243 e. The van der Waals surface area contributed by atoms with E-state index in [0.717, 1.165) is 19.3 Å². The van der Waals surface area contributed by atoms with E-state index in [1.807, 2.05) is 6.07 Å². The van der Waals surface area contributed by atoms with E-state index >= 15 is 0 Å². The van der Waals surface area contributed by atoms with E-state index in [-0.39, 0.29) is 17.5 Å². The molecule has 0 atom stereocenters. The highest BCUT2D eigenvalue weighted by molar-refractivity contribution is 7.89. The third-order valence-electron chi connectivity index (χ3n) is 3.91. The molecule has 0 heterocycles. The molecule has 1 saturated carbocycles. The molecule has 1 aliphatic carbocycles. The molecule has 0 aromatic heterocycles. The van der Waals surface area contributed by atoms with Crippen LogP contribution in [-0.2, 0) is 10.0 Å². The molecule has 6 heteroatoms. The zero-order valence-electron chi connectivity index (χ0n) is 12.1. The van der Waals surface area contributed by atoms with Crippen LogP contribution in [0.2, 0.25) is 0 Å². The smallest absolute Gasteiger partial charge is 0.243 e. The molecular weight excluding hydrogens is 288 g/mol. The van der Waals surface area contributed by atoms with Gasteiger partial charge in [0.1, 0.15) is 0 Å². The highest BCUT2D eigenvalue weighted by atomic mass is 32.2. The Labute approximate surface area is 125 Å². The summed E-state index contributed by atoms with van der Waals surface area (Å²) in [5.41, 5.74) is 1.04. The molecule has 0 saturated heterocycles. The summed E-state index contributed by atoms with van der Waals surface area (Å²) in [6.07, 6.45) is 3.23. The SMILES string of the molecule is Cc1cc(C#N)ccc1S(=O)(=O)N(CCCO)C1CCC1. The van der Waals surface area contributed by atoms with Crippen LogP contribution in [-0.4, -0.2) is 37.0 Å². The second kappa shape index (κ2) is 6.56. The quantitative estimate of drug-likeness (QED) is 0.868. The molecule has 0 bridgehead atoms. The largest absolute Gasteiger partial charge is 0.396 e. The number of nitriles is 1. The molecule has 1 N–H and O–H groups in total. The summed E-state index contributed by atoms with van der Waals surface area (Å²) in [6.45, 7) is 2.02. The standard InChI is InChI=1S/C15H20N2O3S/c1-12-10-13(11-16)6-7-15(12)21(19,20)17(8-3-9-18)14-4-2-5-14/h6-7,10,14,18H,2-5,8-9H2,1H3. The lowest BCUT2D eigenvalue weighted by Crippen LogP contribution is -2.45. The van der Waals surface area contributed by atoms with Crippen LogP contribution in [0.25, 0.3) is 0 Å². The Bertz CT molecular complexity index is 645. The third kappa shape index (κ3) is 3.26. The molecular formula is C15H20N2O3S. The molecule has 0 aliphatic heterocycles. The molecule has 1 aromatic rings. The fraction of sp³-hybridized carbons (Fsp3) is 0.533. The van der Waals surface area contributed by atoms with Crippen LogP contribution in [0, 0.1) is 18.3 Å². The van der Waals surface area contributed by atoms with Crippen LogP contribution >= 0.6 is 0 Å². The van der Waals surface area contributed by atoms with Crippen LogP contribution in [0.15, 0.2) is 23.1 Å². The Hall–Kier alpha value is -1.42. The minimum atomic E-state index is -3.58. The fourth-order valence-electron chi connectivity index (χ4n) is 2.53. The first-order valence-corrected chi connectivity index (χ1v) is 8.58. The van der Waals surface area contributed by atoms with Gasteiger partial charge < -0.3 is 5.11 Å². The number of hydrogen-bond acceptors (Lipinski definition) is 4. The third-order valence-corrected chi connectivity index (χ3v) is 6.02. The summed E-state index contributed by atoms with van der Waals surface area (Å²) in [5, 5.41) is 17.9. The highest BCUT2D eigenvalue weighted by Gasteiger charge is 2.35. The Morgan fingerprint density at radius 3 is 2.62 bits per heavy atom. The summed E-state index contributed by atoms with van der Waals surface area (Å²) in [5.74, 6) is 0. The lowest BCUT2D eigenvalue weighted by atomic mass is 9.93. The number of hydrogen-bond donors (Lipinski definition) is 1. The average molecular weight is 308 g/mol. The first kappa shape index (κ1) is 16.0. The normalized spacial score (nSPS) is 15.7. The van der Waals surface area contributed by atoms with Gasteiger partial charge in [0, 0.05) is 19.2 Å². The molecule has 2 rings (SSSR count). The van der Waals surface area contributed by atoms with Gasteiger partial charge in [-0.2, -0.15) is 9.57 Å². The van der Waals surface area contributed by atoms with E-state index in [2.05, 4.69) is 0 Å². The van der Waals surface area contributed by atoms with Gasteiger partial charge in [0.05, 0.1) is 16.5 Å². The highest BCUT2D eigenvalue weighted by Crippen LogP contribution is 2.31. The minimum absolute atomic E-state index is 0.0227. The van der Waals surface area contributed by atoms with E-state index in [1.165, 1.54) is 16.4 Å². The molecule has 1 fully saturated rings. The van der Waals surface area contributed by atoms with Gasteiger partial charge in [0.25, 0.3) is 0 Å². The van der Waals surface area contributed by atoms with Gasteiger partial charge >= 0.3 is 0 Å². The summed E-state index contributed by atoms with van der Waals surface area (Å²) < 4.78 is 27.2. The molecule has 1 aromatic carbocycles. The monoisotopic (exact) mass is 308 g/mol. The van der Waals surface area contributed by atoms with Crippen molar-refractivity contribution in [2.24, 2.45) is 0 Å². The van der Waals surface area contributed by atoms with E-state index in [4.69, 9.17) is 10.4 Å². The maximum absolute atomic E-state index is 12.9. The van der Waals surface area contributed by atoms with Crippen molar-refractivity contribution >= 4 is 10.0 Å². The Balaban J connectivity index is 2.35. The van der Waals surface area contributed by atoms with Crippen LogP contribution in [0.3, 0.4) is 0 Å². The minimum Gasteiger partial charge on any atom is -0.396 e. The van der Waals surface area contributed by atoms with Gasteiger partial charge in [-0.1, -0.05) is 6.42 Å². The van der Waals surface area contributed by atoms with Crippen molar-refractivity contribution in [3.63, 3.8) is 0 Å².